The van der Waals surface area contributed by atoms with E-state index in [1.165, 1.54) is 6.08 Å². The van der Waals surface area contributed by atoms with Gasteiger partial charge in [0, 0.05) is 17.3 Å². The molecule has 0 amide bonds. The third kappa shape index (κ3) is 6.03. The fourth-order valence-corrected chi connectivity index (χ4v) is 2.57. The van der Waals surface area contributed by atoms with Crippen LogP contribution in [0.5, 0.6) is 5.75 Å². The van der Waals surface area contributed by atoms with Gasteiger partial charge in [0.25, 0.3) is 0 Å². The number of carbonyl (C=O) groups is 1. The SMILES string of the molecule is CCOc1ccccc1/C=C/C(=O)OCc1nc(N)nc(Nc2ccc(C)cc2)n1. The number of hydrogen-bond acceptors (Lipinski definition) is 8. The summed E-state index contributed by atoms with van der Waals surface area (Å²) in [6.07, 6.45) is 2.97. The average Bonchev–Trinajstić information content (AvgIpc) is 2.73. The molecule has 0 fully saturated rings. The van der Waals surface area contributed by atoms with Crippen molar-refractivity contribution in [2.24, 2.45) is 0 Å². The van der Waals surface area contributed by atoms with Gasteiger partial charge in [-0.2, -0.15) is 15.0 Å². The van der Waals surface area contributed by atoms with Gasteiger partial charge in [0.1, 0.15) is 5.75 Å². The van der Waals surface area contributed by atoms with E-state index in [1.54, 1.807) is 6.08 Å². The molecule has 0 aliphatic carbocycles. The van der Waals surface area contributed by atoms with E-state index in [9.17, 15) is 4.79 Å². The summed E-state index contributed by atoms with van der Waals surface area (Å²) in [5, 5.41) is 3.05. The van der Waals surface area contributed by atoms with E-state index < -0.39 is 5.97 Å². The van der Waals surface area contributed by atoms with Crippen molar-refractivity contribution >= 4 is 29.6 Å². The zero-order valence-electron chi connectivity index (χ0n) is 16.8. The van der Waals surface area contributed by atoms with Gasteiger partial charge in [0.05, 0.1) is 6.61 Å². The summed E-state index contributed by atoms with van der Waals surface area (Å²) in [6.45, 7) is 4.30. The maximum absolute atomic E-state index is 12.1. The minimum absolute atomic E-state index is 0.0341. The Morgan fingerprint density at radius 1 is 1.10 bits per heavy atom. The first-order chi connectivity index (χ1) is 14.5. The largest absolute Gasteiger partial charge is 0.493 e. The Morgan fingerprint density at radius 3 is 2.63 bits per heavy atom. The zero-order chi connectivity index (χ0) is 21.3. The van der Waals surface area contributed by atoms with E-state index in [0.29, 0.717) is 12.4 Å². The highest BCUT2D eigenvalue weighted by atomic mass is 16.5. The first-order valence-electron chi connectivity index (χ1n) is 9.44. The number of aromatic nitrogens is 3. The second-order valence-electron chi connectivity index (χ2n) is 6.34. The number of carbonyl (C=O) groups excluding carboxylic acids is 1. The fourth-order valence-electron chi connectivity index (χ4n) is 2.57. The van der Waals surface area contributed by atoms with Gasteiger partial charge in [0.15, 0.2) is 12.4 Å². The molecule has 0 atom stereocenters. The van der Waals surface area contributed by atoms with Crippen LogP contribution in [0, 0.1) is 6.92 Å². The summed E-state index contributed by atoms with van der Waals surface area (Å²) >= 11 is 0. The van der Waals surface area contributed by atoms with Gasteiger partial charge >= 0.3 is 5.97 Å². The molecule has 3 N–H and O–H groups in total. The minimum Gasteiger partial charge on any atom is -0.493 e. The summed E-state index contributed by atoms with van der Waals surface area (Å²) in [5.74, 6) is 0.716. The predicted octanol–water partition coefficient (Wildman–Crippen LogP) is 3.66. The molecule has 1 aromatic heterocycles. The molecule has 0 saturated heterocycles. The quantitative estimate of drug-likeness (QED) is 0.431. The van der Waals surface area contributed by atoms with Crippen molar-refractivity contribution in [3.63, 3.8) is 0 Å². The molecule has 0 spiro atoms. The van der Waals surface area contributed by atoms with Crippen molar-refractivity contribution < 1.29 is 14.3 Å². The van der Waals surface area contributed by atoms with Crippen molar-refractivity contribution in [2.45, 2.75) is 20.5 Å². The average molecular weight is 405 g/mol. The third-order valence-electron chi connectivity index (χ3n) is 3.97. The predicted molar refractivity (Wildman–Crippen MR) is 115 cm³/mol. The van der Waals surface area contributed by atoms with Crippen LogP contribution in [0.25, 0.3) is 6.08 Å². The Labute approximate surface area is 174 Å². The molecule has 0 unspecified atom stereocenters. The van der Waals surface area contributed by atoms with Gasteiger partial charge in [-0.05, 0) is 38.1 Å². The third-order valence-corrected chi connectivity index (χ3v) is 3.97. The van der Waals surface area contributed by atoms with Crippen molar-refractivity contribution in [3.05, 3.63) is 71.6 Å². The van der Waals surface area contributed by atoms with Crippen molar-refractivity contribution in [1.29, 1.82) is 0 Å². The number of para-hydroxylation sites is 1. The summed E-state index contributed by atoms with van der Waals surface area (Å²) < 4.78 is 10.8. The van der Waals surface area contributed by atoms with Crippen LogP contribution in [0.3, 0.4) is 0 Å². The number of nitrogens with two attached hydrogens (primary N) is 1. The first kappa shape index (κ1) is 20.8. The molecule has 0 bridgehead atoms. The molecule has 8 heteroatoms. The van der Waals surface area contributed by atoms with E-state index in [1.807, 2.05) is 62.4 Å². The number of hydrogen-bond donors (Lipinski definition) is 2. The smallest absolute Gasteiger partial charge is 0.331 e. The molecule has 3 aromatic rings. The van der Waals surface area contributed by atoms with Crippen LogP contribution in [0.1, 0.15) is 23.9 Å². The van der Waals surface area contributed by atoms with Gasteiger partial charge in [-0.1, -0.05) is 35.9 Å². The molecular weight excluding hydrogens is 382 g/mol. The number of nitrogen functional groups attached to an aromatic ring is 1. The van der Waals surface area contributed by atoms with E-state index >= 15 is 0 Å². The Morgan fingerprint density at radius 2 is 1.87 bits per heavy atom. The number of benzene rings is 2. The van der Waals surface area contributed by atoms with Crippen LogP contribution in [-0.2, 0) is 16.1 Å². The number of nitrogens with one attached hydrogen (secondary N) is 1. The molecule has 2 aromatic carbocycles. The van der Waals surface area contributed by atoms with Gasteiger partial charge in [-0.3, -0.25) is 0 Å². The topological polar surface area (TPSA) is 112 Å². The van der Waals surface area contributed by atoms with Crippen molar-refractivity contribution in [2.75, 3.05) is 17.7 Å². The van der Waals surface area contributed by atoms with Crippen molar-refractivity contribution in [1.82, 2.24) is 15.0 Å². The van der Waals surface area contributed by atoms with Crippen LogP contribution in [0.2, 0.25) is 0 Å². The van der Waals surface area contributed by atoms with Crippen LogP contribution < -0.4 is 15.8 Å². The number of nitrogens with zero attached hydrogens (tertiary/aromatic N) is 3. The normalized spacial score (nSPS) is 10.7. The molecule has 3 rings (SSSR count). The highest BCUT2D eigenvalue weighted by Crippen LogP contribution is 2.19. The maximum Gasteiger partial charge on any atom is 0.331 e. The fraction of sp³-hybridized carbons (Fsp3) is 0.182. The first-order valence-corrected chi connectivity index (χ1v) is 9.44. The maximum atomic E-state index is 12.1. The summed E-state index contributed by atoms with van der Waals surface area (Å²) in [7, 11) is 0. The van der Waals surface area contributed by atoms with Gasteiger partial charge in [0.2, 0.25) is 11.9 Å². The highest BCUT2D eigenvalue weighted by Gasteiger charge is 2.08. The van der Waals surface area contributed by atoms with Crippen LogP contribution in [-0.4, -0.2) is 27.5 Å². The number of rotatable bonds is 8. The molecule has 0 aliphatic heterocycles. The lowest BCUT2D eigenvalue weighted by molar-refractivity contribution is -0.139. The van der Waals surface area contributed by atoms with E-state index in [-0.39, 0.29) is 24.3 Å². The summed E-state index contributed by atoms with van der Waals surface area (Å²) in [4.78, 5) is 24.4. The monoisotopic (exact) mass is 405 g/mol. The summed E-state index contributed by atoms with van der Waals surface area (Å²) in [5.41, 5.74) is 8.48. The summed E-state index contributed by atoms with van der Waals surface area (Å²) in [6, 6.07) is 15.2. The standard InChI is InChI=1S/C22H23N5O3/c1-3-29-18-7-5-4-6-16(18)10-13-20(28)30-14-19-25-21(23)27-22(26-19)24-17-11-8-15(2)9-12-17/h4-13H,3,14H2,1-2H3,(H3,23,24,25,26,27)/b13-10+. The van der Waals surface area contributed by atoms with Crippen LogP contribution >= 0.6 is 0 Å². The zero-order valence-corrected chi connectivity index (χ0v) is 16.8. The second-order valence-corrected chi connectivity index (χ2v) is 6.34. The molecule has 0 radical (unpaired) electrons. The Balaban J connectivity index is 1.62. The molecule has 30 heavy (non-hydrogen) atoms. The molecule has 0 saturated carbocycles. The Bertz CT molecular complexity index is 1040. The molecular formula is C22H23N5O3. The lowest BCUT2D eigenvalue weighted by atomic mass is 10.2. The second kappa shape index (κ2) is 10.0. The highest BCUT2D eigenvalue weighted by molar-refractivity contribution is 5.87. The molecule has 0 aliphatic rings. The van der Waals surface area contributed by atoms with Gasteiger partial charge in [-0.25, -0.2) is 4.79 Å². The van der Waals surface area contributed by atoms with Gasteiger partial charge in [-0.15, -0.1) is 0 Å². The molecule has 8 nitrogen and oxygen atoms in total. The molecule has 154 valence electrons. The van der Waals surface area contributed by atoms with E-state index in [2.05, 4.69) is 20.3 Å². The van der Waals surface area contributed by atoms with Crippen LogP contribution in [0.15, 0.2) is 54.6 Å². The number of esters is 1. The number of aryl methyl sites for hydroxylation is 1. The molecule has 1 heterocycles. The van der Waals surface area contributed by atoms with Crippen molar-refractivity contribution in [3.8, 4) is 5.75 Å². The van der Waals surface area contributed by atoms with Gasteiger partial charge < -0.3 is 20.5 Å². The van der Waals surface area contributed by atoms with E-state index in [4.69, 9.17) is 15.2 Å². The Kier molecular flexibility index (Phi) is 6.94. The number of anilines is 3. The lowest BCUT2D eigenvalue weighted by Gasteiger charge is -2.08. The Hall–Kier alpha value is -3.94. The number of ether oxygens (including phenoxy) is 2. The van der Waals surface area contributed by atoms with E-state index in [0.717, 1.165) is 16.8 Å². The lowest BCUT2D eigenvalue weighted by Crippen LogP contribution is -2.10. The van der Waals surface area contributed by atoms with Crippen LogP contribution in [0.4, 0.5) is 17.6 Å². The minimum atomic E-state index is -0.534.